The first kappa shape index (κ1) is 19.1. The van der Waals surface area contributed by atoms with E-state index >= 15 is 0 Å². The molecular formula is C20H24FNO3. The number of benzene rings is 2. The normalized spacial score (nSPS) is 13.5. The highest BCUT2D eigenvalue weighted by molar-refractivity contribution is 5.94. The van der Waals surface area contributed by atoms with Crippen LogP contribution in [0.5, 0.6) is 5.75 Å². The maximum Gasteiger partial charge on any atom is 0.159 e. The molecule has 25 heavy (non-hydrogen) atoms. The minimum atomic E-state index is -0.666. The van der Waals surface area contributed by atoms with Crippen LogP contribution in [0.4, 0.5) is 4.39 Å². The highest BCUT2D eigenvalue weighted by Crippen LogP contribution is 2.19. The molecule has 0 heterocycles. The van der Waals surface area contributed by atoms with E-state index in [0.717, 1.165) is 5.56 Å². The summed E-state index contributed by atoms with van der Waals surface area (Å²) in [5.74, 6) is 0.351. The van der Waals surface area contributed by atoms with Gasteiger partial charge in [0.05, 0.1) is 0 Å². The SMILES string of the molecule is CC(=O)c1ccc(OC[C@H](O)CN(C)[C@H](C)c2ccc(F)cc2)cc1. The Bertz CT molecular complexity index is 685. The lowest BCUT2D eigenvalue weighted by Gasteiger charge is -2.27. The molecule has 0 aromatic heterocycles. The average Bonchev–Trinajstić information content (AvgIpc) is 2.60. The van der Waals surface area contributed by atoms with Crippen molar-refractivity contribution < 1.29 is 19.0 Å². The molecule has 0 saturated carbocycles. The Balaban J connectivity index is 1.83. The van der Waals surface area contributed by atoms with E-state index in [-0.39, 0.29) is 24.2 Å². The number of ether oxygens (including phenoxy) is 1. The lowest BCUT2D eigenvalue weighted by Crippen LogP contribution is -2.34. The monoisotopic (exact) mass is 345 g/mol. The number of aliphatic hydroxyl groups excluding tert-OH is 1. The number of nitrogens with zero attached hydrogens (tertiary/aromatic N) is 1. The van der Waals surface area contributed by atoms with Gasteiger partial charge < -0.3 is 9.84 Å². The molecule has 4 nitrogen and oxygen atoms in total. The highest BCUT2D eigenvalue weighted by Gasteiger charge is 2.16. The van der Waals surface area contributed by atoms with E-state index in [0.29, 0.717) is 17.9 Å². The van der Waals surface area contributed by atoms with Gasteiger partial charge in [-0.2, -0.15) is 0 Å². The van der Waals surface area contributed by atoms with Gasteiger partial charge in [-0.05, 0) is 62.9 Å². The molecule has 0 aliphatic heterocycles. The summed E-state index contributed by atoms with van der Waals surface area (Å²) in [6, 6.07) is 13.2. The molecule has 0 saturated heterocycles. The van der Waals surface area contributed by atoms with Crippen LogP contribution in [-0.4, -0.2) is 42.1 Å². The number of carbonyl (C=O) groups excluding carboxylic acids is 1. The Labute approximate surface area is 147 Å². The first-order valence-electron chi connectivity index (χ1n) is 8.24. The highest BCUT2D eigenvalue weighted by atomic mass is 19.1. The maximum absolute atomic E-state index is 13.0. The van der Waals surface area contributed by atoms with Gasteiger partial charge in [0.2, 0.25) is 0 Å². The van der Waals surface area contributed by atoms with E-state index in [2.05, 4.69) is 0 Å². The molecular weight excluding hydrogens is 321 g/mol. The molecule has 134 valence electrons. The van der Waals surface area contributed by atoms with E-state index in [1.54, 1.807) is 36.4 Å². The number of halogens is 1. The Morgan fingerprint density at radius 2 is 1.76 bits per heavy atom. The summed E-state index contributed by atoms with van der Waals surface area (Å²) in [4.78, 5) is 13.2. The second-order valence-corrected chi connectivity index (χ2v) is 6.21. The molecule has 0 radical (unpaired) electrons. The van der Waals surface area contributed by atoms with Gasteiger partial charge in [0.15, 0.2) is 5.78 Å². The quantitative estimate of drug-likeness (QED) is 0.745. The third kappa shape index (κ3) is 5.66. The summed E-state index contributed by atoms with van der Waals surface area (Å²) >= 11 is 0. The molecule has 0 amide bonds. The third-order valence-corrected chi connectivity index (χ3v) is 4.22. The largest absolute Gasteiger partial charge is 0.491 e. The van der Waals surface area contributed by atoms with Crippen molar-refractivity contribution in [3.05, 3.63) is 65.5 Å². The fraction of sp³-hybridized carbons (Fsp3) is 0.350. The van der Waals surface area contributed by atoms with E-state index in [4.69, 9.17) is 4.74 Å². The van der Waals surface area contributed by atoms with Gasteiger partial charge in [0, 0.05) is 18.2 Å². The van der Waals surface area contributed by atoms with Gasteiger partial charge in [0.25, 0.3) is 0 Å². The van der Waals surface area contributed by atoms with Crippen molar-refractivity contribution in [2.45, 2.75) is 26.0 Å². The van der Waals surface area contributed by atoms with Crippen molar-refractivity contribution in [1.82, 2.24) is 4.90 Å². The van der Waals surface area contributed by atoms with Crippen LogP contribution in [0, 0.1) is 5.82 Å². The predicted molar refractivity (Wildman–Crippen MR) is 95.4 cm³/mol. The zero-order chi connectivity index (χ0) is 18.4. The Morgan fingerprint density at radius 3 is 2.32 bits per heavy atom. The predicted octanol–water partition coefficient (Wildman–Crippen LogP) is 3.46. The molecule has 0 fully saturated rings. The number of hydrogen-bond donors (Lipinski definition) is 1. The summed E-state index contributed by atoms with van der Waals surface area (Å²) in [5.41, 5.74) is 1.61. The number of aliphatic hydroxyl groups is 1. The first-order valence-corrected chi connectivity index (χ1v) is 8.24. The fourth-order valence-electron chi connectivity index (χ4n) is 2.52. The van der Waals surface area contributed by atoms with Gasteiger partial charge >= 0.3 is 0 Å². The molecule has 0 bridgehead atoms. The summed E-state index contributed by atoms with van der Waals surface area (Å²) < 4.78 is 18.6. The average molecular weight is 345 g/mol. The molecule has 2 aromatic carbocycles. The van der Waals surface area contributed by atoms with Crippen LogP contribution in [-0.2, 0) is 0 Å². The lowest BCUT2D eigenvalue weighted by atomic mass is 10.1. The van der Waals surface area contributed by atoms with Gasteiger partial charge in [0.1, 0.15) is 24.3 Å². The smallest absolute Gasteiger partial charge is 0.159 e. The van der Waals surface area contributed by atoms with Crippen molar-refractivity contribution in [1.29, 1.82) is 0 Å². The first-order chi connectivity index (χ1) is 11.9. The minimum Gasteiger partial charge on any atom is -0.491 e. The molecule has 1 N–H and O–H groups in total. The summed E-state index contributed by atoms with van der Waals surface area (Å²) in [5, 5.41) is 10.2. The maximum atomic E-state index is 13.0. The molecule has 2 atom stereocenters. The van der Waals surface area contributed by atoms with E-state index in [1.165, 1.54) is 19.1 Å². The Kier molecular flexibility index (Phi) is 6.67. The molecule has 0 aliphatic rings. The number of rotatable bonds is 8. The standard InChI is InChI=1S/C20H24FNO3/c1-14(16-4-8-18(21)9-5-16)22(3)12-19(24)13-25-20-10-6-17(7-11-20)15(2)23/h4-11,14,19,24H,12-13H2,1-3H3/t14-,19-/m1/s1. The second-order valence-electron chi connectivity index (χ2n) is 6.21. The van der Waals surface area contributed by atoms with Crippen molar-refractivity contribution in [2.75, 3.05) is 20.2 Å². The van der Waals surface area contributed by atoms with Crippen molar-refractivity contribution in [2.24, 2.45) is 0 Å². The van der Waals surface area contributed by atoms with Crippen LogP contribution in [0.15, 0.2) is 48.5 Å². The number of ketones is 1. The van der Waals surface area contributed by atoms with E-state index in [1.807, 2.05) is 18.9 Å². The van der Waals surface area contributed by atoms with Gasteiger partial charge in [-0.15, -0.1) is 0 Å². The summed E-state index contributed by atoms with van der Waals surface area (Å²) in [6.45, 7) is 4.09. The van der Waals surface area contributed by atoms with Gasteiger partial charge in [-0.25, -0.2) is 4.39 Å². The van der Waals surface area contributed by atoms with Crippen LogP contribution < -0.4 is 4.74 Å². The molecule has 0 spiro atoms. The number of carbonyl (C=O) groups is 1. The van der Waals surface area contributed by atoms with Crippen LogP contribution in [0.25, 0.3) is 0 Å². The van der Waals surface area contributed by atoms with Crippen molar-refractivity contribution >= 4 is 5.78 Å². The number of hydrogen-bond acceptors (Lipinski definition) is 4. The van der Waals surface area contributed by atoms with Crippen LogP contribution in [0.2, 0.25) is 0 Å². The lowest BCUT2D eigenvalue weighted by molar-refractivity contribution is 0.0653. The van der Waals surface area contributed by atoms with Crippen molar-refractivity contribution in [3.63, 3.8) is 0 Å². The van der Waals surface area contributed by atoms with Gasteiger partial charge in [-0.1, -0.05) is 12.1 Å². The van der Waals surface area contributed by atoms with Crippen LogP contribution in [0.3, 0.4) is 0 Å². The van der Waals surface area contributed by atoms with Crippen LogP contribution >= 0.6 is 0 Å². The zero-order valence-corrected chi connectivity index (χ0v) is 14.8. The van der Waals surface area contributed by atoms with Crippen LogP contribution in [0.1, 0.15) is 35.8 Å². The molecule has 2 rings (SSSR count). The number of likely N-dealkylation sites (N-methyl/N-ethyl adjacent to an activating group) is 1. The molecule has 0 aliphatic carbocycles. The Morgan fingerprint density at radius 1 is 1.16 bits per heavy atom. The summed E-state index contributed by atoms with van der Waals surface area (Å²) in [6.07, 6.45) is -0.666. The molecule has 2 aromatic rings. The van der Waals surface area contributed by atoms with Gasteiger partial charge in [-0.3, -0.25) is 9.69 Å². The second kappa shape index (κ2) is 8.74. The fourth-order valence-corrected chi connectivity index (χ4v) is 2.52. The Hall–Kier alpha value is -2.24. The van der Waals surface area contributed by atoms with Crippen molar-refractivity contribution in [3.8, 4) is 5.75 Å². The topological polar surface area (TPSA) is 49.8 Å². The van der Waals surface area contributed by atoms with E-state index < -0.39 is 6.10 Å². The minimum absolute atomic E-state index is 0.00277. The van der Waals surface area contributed by atoms with E-state index in [9.17, 15) is 14.3 Å². The zero-order valence-electron chi connectivity index (χ0n) is 14.8. The number of Topliss-reactive ketones (excluding diaryl/α,β-unsaturated/α-hetero) is 1. The molecule has 0 unspecified atom stereocenters. The molecule has 5 heteroatoms. The third-order valence-electron chi connectivity index (χ3n) is 4.22. The summed E-state index contributed by atoms with van der Waals surface area (Å²) in [7, 11) is 1.90.